The van der Waals surface area contributed by atoms with Gasteiger partial charge in [0.05, 0.1) is 5.56 Å². The standard InChI is InChI=1S/C21H18O6/c22-17-5-1-3-13(10-17)9-16-11-14(7-8-18(16)23)21(26)27-12-15-4-2-6-19(24)20(15)25/h1-8,10-11,22-25H,9,12H2. The first kappa shape index (κ1) is 18.1. The Morgan fingerprint density at radius 3 is 2.37 bits per heavy atom. The Hall–Kier alpha value is -3.67. The van der Waals surface area contributed by atoms with E-state index in [1.807, 2.05) is 0 Å². The first-order valence-corrected chi connectivity index (χ1v) is 8.21. The molecule has 6 heteroatoms. The number of phenols is 4. The summed E-state index contributed by atoms with van der Waals surface area (Å²) in [5, 5.41) is 38.8. The van der Waals surface area contributed by atoms with Crippen molar-refractivity contribution in [3.63, 3.8) is 0 Å². The number of hydrogen-bond donors (Lipinski definition) is 4. The molecule has 0 spiro atoms. The second kappa shape index (κ2) is 7.70. The minimum atomic E-state index is -0.630. The van der Waals surface area contributed by atoms with Crippen molar-refractivity contribution in [2.24, 2.45) is 0 Å². The lowest BCUT2D eigenvalue weighted by atomic mass is 10.0. The van der Waals surface area contributed by atoms with Gasteiger partial charge in [0.2, 0.25) is 0 Å². The monoisotopic (exact) mass is 366 g/mol. The van der Waals surface area contributed by atoms with Gasteiger partial charge >= 0.3 is 5.97 Å². The molecule has 0 atom stereocenters. The Labute approximate surface area is 155 Å². The van der Waals surface area contributed by atoms with Crippen LogP contribution >= 0.6 is 0 Å². The topological polar surface area (TPSA) is 107 Å². The van der Waals surface area contributed by atoms with Crippen LogP contribution in [-0.4, -0.2) is 26.4 Å². The highest BCUT2D eigenvalue weighted by Crippen LogP contribution is 2.29. The number of hydrogen-bond acceptors (Lipinski definition) is 6. The first-order valence-electron chi connectivity index (χ1n) is 8.21. The second-order valence-electron chi connectivity index (χ2n) is 6.05. The van der Waals surface area contributed by atoms with Gasteiger partial charge in [-0.05, 0) is 47.5 Å². The molecular formula is C21H18O6. The fourth-order valence-electron chi connectivity index (χ4n) is 2.66. The highest BCUT2D eigenvalue weighted by Gasteiger charge is 2.13. The van der Waals surface area contributed by atoms with Gasteiger partial charge in [-0.15, -0.1) is 0 Å². The zero-order valence-electron chi connectivity index (χ0n) is 14.3. The van der Waals surface area contributed by atoms with Crippen molar-refractivity contribution in [1.29, 1.82) is 0 Å². The van der Waals surface area contributed by atoms with Crippen LogP contribution in [0.3, 0.4) is 0 Å². The summed E-state index contributed by atoms with van der Waals surface area (Å²) < 4.78 is 5.18. The molecular weight excluding hydrogens is 348 g/mol. The van der Waals surface area contributed by atoms with E-state index >= 15 is 0 Å². The lowest BCUT2D eigenvalue weighted by molar-refractivity contribution is 0.0469. The Morgan fingerprint density at radius 2 is 1.59 bits per heavy atom. The van der Waals surface area contributed by atoms with E-state index in [-0.39, 0.29) is 40.7 Å². The smallest absolute Gasteiger partial charge is 0.338 e. The van der Waals surface area contributed by atoms with E-state index in [4.69, 9.17) is 4.74 Å². The summed E-state index contributed by atoms with van der Waals surface area (Å²) in [6, 6.07) is 15.4. The average Bonchev–Trinajstić information content (AvgIpc) is 2.64. The Morgan fingerprint density at radius 1 is 0.815 bits per heavy atom. The third-order valence-electron chi connectivity index (χ3n) is 4.08. The van der Waals surface area contributed by atoms with Gasteiger partial charge in [0.25, 0.3) is 0 Å². The van der Waals surface area contributed by atoms with Crippen LogP contribution in [-0.2, 0) is 17.8 Å². The molecule has 0 fully saturated rings. The summed E-state index contributed by atoms with van der Waals surface area (Å²) in [4.78, 5) is 12.3. The average molecular weight is 366 g/mol. The molecule has 0 amide bonds. The molecule has 0 heterocycles. The van der Waals surface area contributed by atoms with Crippen LogP contribution in [0, 0.1) is 0 Å². The maximum atomic E-state index is 12.3. The molecule has 4 N–H and O–H groups in total. The zero-order valence-corrected chi connectivity index (χ0v) is 14.3. The number of aromatic hydroxyl groups is 4. The molecule has 3 aromatic rings. The first-order chi connectivity index (χ1) is 12.9. The summed E-state index contributed by atoms with van der Waals surface area (Å²) in [6.45, 7) is -0.207. The van der Waals surface area contributed by atoms with Gasteiger partial charge in [0, 0.05) is 12.0 Å². The molecule has 0 bridgehead atoms. The van der Waals surface area contributed by atoms with Crippen LogP contribution in [0.25, 0.3) is 0 Å². The van der Waals surface area contributed by atoms with E-state index < -0.39 is 5.97 Å². The van der Waals surface area contributed by atoms with Crippen LogP contribution in [0.5, 0.6) is 23.0 Å². The lowest BCUT2D eigenvalue weighted by Crippen LogP contribution is -2.06. The number of esters is 1. The normalized spacial score (nSPS) is 10.5. The van der Waals surface area contributed by atoms with Gasteiger partial charge in [0.15, 0.2) is 11.5 Å². The number of phenolic OH excluding ortho intramolecular Hbond substituents is 4. The van der Waals surface area contributed by atoms with E-state index in [9.17, 15) is 25.2 Å². The van der Waals surface area contributed by atoms with Gasteiger partial charge in [0.1, 0.15) is 18.1 Å². The molecule has 0 aromatic heterocycles. The third-order valence-corrected chi connectivity index (χ3v) is 4.08. The maximum Gasteiger partial charge on any atom is 0.338 e. The quantitative estimate of drug-likeness (QED) is 0.407. The molecule has 3 aromatic carbocycles. The lowest BCUT2D eigenvalue weighted by Gasteiger charge is -2.10. The van der Waals surface area contributed by atoms with Gasteiger partial charge in [-0.25, -0.2) is 4.79 Å². The molecule has 0 aliphatic carbocycles. The fourth-order valence-corrected chi connectivity index (χ4v) is 2.66. The molecule has 27 heavy (non-hydrogen) atoms. The van der Waals surface area contributed by atoms with Crippen molar-refractivity contribution in [3.8, 4) is 23.0 Å². The summed E-state index contributed by atoms with van der Waals surface area (Å²) >= 11 is 0. The Kier molecular flexibility index (Phi) is 5.17. The van der Waals surface area contributed by atoms with Gasteiger partial charge in [-0.1, -0.05) is 24.3 Å². The number of rotatable bonds is 5. The van der Waals surface area contributed by atoms with Crippen molar-refractivity contribution in [3.05, 3.63) is 82.9 Å². The van der Waals surface area contributed by atoms with E-state index in [0.717, 1.165) is 5.56 Å². The largest absolute Gasteiger partial charge is 0.508 e. The number of benzene rings is 3. The predicted molar refractivity (Wildman–Crippen MR) is 97.9 cm³/mol. The van der Waals surface area contributed by atoms with E-state index in [1.54, 1.807) is 24.3 Å². The molecule has 0 unspecified atom stereocenters. The second-order valence-corrected chi connectivity index (χ2v) is 6.05. The zero-order chi connectivity index (χ0) is 19.4. The number of ether oxygens (including phenoxy) is 1. The van der Waals surface area contributed by atoms with Crippen molar-refractivity contribution in [1.82, 2.24) is 0 Å². The van der Waals surface area contributed by atoms with Gasteiger partial charge in [-0.2, -0.15) is 0 Å². The van der Waals surface area contributed by atoms with Crippen molar-refractivity contribution < 1.29 is 30.0 Å². The highest BCUT2D eigenvalue weighted by atomic mass is 16.5. The predicted octanol–water partition coefficient (Wildman–Crippen LogP) is 3.46. The minimum absolute atomic E-state index is 0.0283. The maximum absolute atomic E-state index is 12.3. The summed E-state index contributed by atoms with van der Waals surface area (Å²) in [6.07, 6.45) is 0.328. The van der Waals surface area contributed by atoms with Crippen LogP contribution in [0.2, 0.25) is 0 Å². The summed E-state index contributed by atoms with van der Waals surface area (Å²) in [5.41, 5.74) is 1.81. The van der Waals surface area contributed by atoms with Crippen molar-refractivity contribution >= 4 is 5.97 Å². The van der Waals surface area contributed by atoms with Gasteiger partial charge < -0.3 is 25.2 Å². The molecule has 3 rings (SSSR count). The molecule has 6 nitrogen and oxygen atoms in total. The molecule has 0 aliphatic rings. The Bertz CT molecular complexity index is 980. The van der Waals surface area contributed by atoms with Crippen LogP contribution < -0.4 is 0 Å². The molecule has 0 saturated carbocycles. The Balaban J connectivity index is 1.74. The van der Waals surface area contributed by atoms with Gasteiger partial charge in [-0.3, -0.25) is 0 Å². The van der Waals surface area contributed by atoms with Crippen LogP contribution in [0.4, 0.5) is 0 Å². The number of carbonyl (C=O) groups excluding carboxylic acids is 1. The minimum Gasteiger partial charge on any atom is -0.508 e. The summed E-state index contributed by atoms with van der Waals surface area (Å²) in [7, 11) is 0. The van der Waals surface area contributed by atoms with E-state index in [0.29, 0.717) is 12.0 Å². The molecule has 0 aliphatic heterocycles. The van der Waals surface area contributed by atoms with Crippen molar-refractivity contribution in [2.45, 2.75) is 13.0 Å². The highest BCUT2D eigenvalue weighted by molar-refractivity contribution is 5.90. The fraction of sp³-hybridized carbons (Fsp3) is 0.0952. The summed E-state index contributed by atoms with van der Waals surface area (Å²) in [5.74, 6) is -1.11. The number of para-hydroxylation sites is 1. The third kappa shape index (κ3) is 4.30. The molecule has 138 valence electrons. The van der Waals surface area contributed by atoms with E-state index in [2.05, 4.69) is 0 Å². The van der Waals surface area contributed by atoms with Crippen LogP contribution in [0.1, 0.15) is 27.0 Å². The van der Waals surface area contributed by atoms with E-state index in [1.165, 1.54) is 36.4 Å². The molecule has 0 saturated heterocycles. The SMILES string of the molecule is O=C(OCc1cccc(O)c1O)c1ccc(O)c(Cc2cccc(O)c2)c1. The van der Waals surface area contributed by atoms with Crippen LogP contribution in [0.15, 0.2) is 60.7 Å². The number of carbonyl (C=O) groups is 1. The molecule has 0 radical (unpaired) electrons. The van der Waals surface area contributed by atoms with Crippen molar-refractivity contribution in [2.75, 3.05) is 0 Å².